The smallest absolute Gasteiger partial charge is 0.337 e. The minimum absolute atomic E-state index is 0.139. The number of unbranched alkanes of at least 4 members (excludes halogenated alkanes) is 2. The number of nitrogens with two attached hydrogens (primary N) is 1. The maximum Gasteiger partial charge on any atom is 0.337 e. The highest BCUT2D eigenvalue weighted by molar-refractivity contribution is 6.00. The standard InChI is InChI=1S/C15H22N2O3/c1-2-11-7-8-13(12(10-11)15(19)20)17-14(18)6-4-3-5-9-16/h7-8,10H,2-6,9,16H2,1H3,(H,17,18)(H,19,20). The largest absolute Gasteiger partial charge is 0.478 e. The summed E-state index contributed by atoms with van der Waals surface area (Å²) in [6.07, 6.45) is 3.71. The first kappa shape index (κ1) is 16.2. The van der Waals surface area contributed by atoms with Gasteiger partial charge in [0.1, 0.15) is 0 Å². The van der Waals surface area contributed by atoms with Crippen molar-refractivity contribution >= 4 is 17.6 Å². The third-order valence-corrected chi connectivity index (χ3v) is 3.10. The lowest BCUT2D eigenvalue weighted by Crippen LogP contribution is -2.14. The van der Waals surface area contributed by atoms with E-state index in [-0.39, 0.29) is 11.5 Å². The van der Waals surface area contributed by atoms with Gasteiger partial charge in [-0.25, -0.2) is 4.79 Å². The average Bonchev–Trinajstić information content (AvgIpc) is 2.43. The lowest BCUT2D eigenvalue weighted by atomic mass is 10.1. The summed E-state index contributed by atoms with van der Waals surface area (Å²) in [5, 5.41) is 11.8. The van der Waals surface area contributed by atoms with Gasteiger partial charge in [-0.2, -0.15) is 0 Å². The van der Waals surface area contributed by atoms with E-state index in [1.165, 1.54) is 0 Å². The summed E-state index contributed by atoms with van der Waals surface area (Å²) in [4.78, 5) is 23.0. The fourth-order valence-corrected chi connectivity index (χ4v) is 1.92. The number of hydrogen-bond donors (Lipinski definition) is 3. The van der Waals surface area contributed by atoms with Gasteiger partial charge in [0.05, 0.1) is 11.3 Å². The number of carbonyl (C=O) groups excluding carboxylic acids is 1. The van der Waals surface area contributed by atoms with Crippen LogP contribution in [0.15, 0.2) is 18.2 Å². The van der Waals surface area contributed by atoms with Crippen LogP contribution in [0.5, 0.6) is 0 Å². The Kier molecular flexibility index (Phi) is 6.73. The molecule has 1 rings (SSSR count). The van der Waals surface area contributed by atoms with E-state index in [2.05, 4.69) is 5.32 Å². The number of carboxylic acid groups (broad SMARTS) is 1. The highest BCUT2D eigenvalue weighted by atomic mass is 16.4. The minimum atomic E-state index is -1.03. The molecular formula is C15H22N2O3. The van der Waals surface area contributed by atoms with Crippen molar-refractivity contribution in [2.24, 2.45) is 5.73 Å². The third-order valence-electron chi connectivity index (χ3n) is 3.10. The molecule has 0 aliphatic heterocycles. The molecule has 0 atom stereocenters. The van der Waals surface area contributed by atoms with Crippen molar-refractivity contribution in [2.45, 2.75) is 39.0 Å². The van der Waals surface area contributed by atoms with Crippen molar-refractivity contribution in [3.63, 3.8) is 0 Å². The molecule has 0 bridgehead atoms. The van der Waals surface area contributed by atoms with Gasteiger partial charge < -0.3 is 16.2 Å². The van der Waals surface area contributed by atoms with E-state index in [1.54, 1.807) is 12.1 Å². The third kappa shape index (κ3) is 5.01. The molecule has 0 unspecified atom stereocenters. The van der Waals surface area contributed by atoms with E-state index in [9.17, 15) is 14.7 Å². The van der Waals surface area contributed by atoms with Crippen molar-refractivity contribution in [1.82, 2.24) is 0 Å². The van der Waals surface area contributed by atoms with Crippen LogP contribution in [-0.2, 0) is 11.2 Å². The Morgan fingerprint density at radius 1 is 1.25 bits per heavy atom. The Morgan fingerprint density at radius 3 is 2.60 bits per heavy atom. The van der Waals surface area contributed by atoms with Gasteiger partial charge in [-0.1, -0.05) is 19.4 Å². The molecule has 0 saturated heterocycles. The van der Waals surface area contributed by atoms with E-state index in [0.29, 0.717) is 18.7 Å². The van der Waals surface area contributed by atoms with Crippen molar-refractivity contribution in [3.8, 4) is 0 Å². The van der Waals surface area contributed by atoms with Crippen LogP contribution in [0.1, 0.15) is 48.5 Å². The second-order valence-corrected chi connectivity index (χ2v) is 4.69. The molecule has 0 aromatic heterocycles. The monoisotopic (exact) mass is 278 g/mol. The molecule has 110 valence electrons. The molecule has 4 N–H and O–H groups in total. The number of benzene rings is 1. The predicted octanol–water partition coefficient (Wildman–Crippen LogP) is 2.40. The maximum atomic E-state index is 11.8. The van der Waals surface area contributed by atoms with Crippen molar-refractivity contribution < 1.29 is 14.7 Å². The fraction of sp³-hybridized carbons (Fsp3) is 0.467. The zero-order chi connectivity index (χ0) is 15.0. The Balaban J connectivity index is 2.66. The number of aromatic carboxylic acids is 1. The first-order chi connectivity index (χ1) is 9.58. The van der Waals surface area contributed by atoms with Crippen LogP contribution >= 0.6 is 0 Å². The average molecular weight is 278 g/mol. The number of carbonyl (C=O) groups is 2. The first-order valence-corrected chi connectivity index (χ1v) is 6.94. The van der Waals surface area contributed by atoms with Gasteiger partial charge in [0, 0.05) is 6.42 Å². The van der Waals surface area contributed by atoms with Gasteiger partial charge in [-0.3, -0.25) is 4.79 Å². The summed E-state index contributed by atoms with van der Waals surface area (Å²) >= 11 is 0. The van der Waals surface area contributed by atoms with Crippen LogP contribution < -0.4 is 11.1 Å². The van der Waals surface area contributed by atoms with Crippen molar-refractivity contribution in [3.05, 3.63) is 29.3 Å². The second-order valence-electron chi connectivity index (χ2n) is 4.69. The van der Waals surface area contributed by atoms with Crippen LogP contribution in [0, 0.1) is 0 Å². The molecule has 1 amide bonds. The Bertz CT molecular complexity index is 472. The molecule has 0 heterocycles. The number of amides is 1. The van der Waals surface area contributed by atoms with Crippen LogP contribution in [0.3, 0.4) is 0 Å². The molecule has 1 aromatic rings. The van der Waals surface area contributed by atoms with E-state index in [1.807, 2.05) is 13.0 Å². The second kappa shape index (κ2) is 8.32. The van der Waals surface area contributed by atoms with Gasteiger partial charge >= 0.3 is 5.97 Å². The Hall–Kier alpha value is -1.88. The van der Waals surface area contributed by atoms with E-state index in [4.69, 9.17) is 5.73 Å². The number of anilines is 1. The summed E-state index contributed by atoms with van der Waals surface area (Å²) < 4.78 is 0. The molecule has 0 saturated carbocycles. The maximum absolute atomic E-state index is 11.8. The summed E-state index contributed by atoms with van der Waals surface area (Å²) in [7, 11) is 0. The van der Waals surface area contributed by atoms with Crippen molar-refractivity contribution in [1.29, 1.82) is 0 Å². The molecule has 0 aliphatic rings. The highest BCUT2D eigenvalue weighted by Gasteiger charge is 2.12. The number of hydrogen-bond acceptors (Lipinski definition) is 3. The quantitative estimate of drug-likeness (QED) is 0.637. The van der Waals surface area contributed by atoms with Crippen LogP contribution in [0.2, 0.25) is 0 Å². The molecule has 5 heteroatoms. The number of aryl methyl sites for hydroxylation is 1. The summed E-state index contributed by atoms with van der Waals surface area (Å²) in [6.45, 7) is 2.58. The molecule has 0 aliphatic carbocycles. The van der Waals surface area contributed by atoms with Gasteiger partial charge in [-0.05, 0) is 43.5 Å². The molecule has 0 fully saturated rings. The lowest BCUT2D eigenvalue weighted by molar-refractivity contribution is -0.116. The number of rotatable bonds is 8. The molecule has 0 spiro atoms. The summed E-state index contributed by atoms with van der Waals surface area (Å²) in [5.41, 5.74) is 6.82. The number of carboxylic acids is 1. The minimum Gasteiger partial charge on any atom is -0.478 e. The molecular weight excluding hydrogens is 256 g/mol. The molecule has 20 heavy (non-hydrogen) atoms. The van der Waals surface area contributed by atoms with Gasteiger partial charge in [-0.15, -0.1) is 0 Å². The Morgan fingerprint density at radius 2 is 2.00 bits per heavy atom. The van der Waals surface area contributed by atoms with Crippen LogP contribution in [0.25, 0.3) is 0 Å². The fourth-order valence-electron chi connectivity index (χ4n) is 1.92. The topological polar surface area (TPSA) is 92.4 Å². The van der Waals surface area contributed by atoms with Crippen LogP contribution in [0.4, 0.5) is 5.69 Å². The van der Waals surface area contributed by atoms with E-state index in [0.717, 1.165) is 31.2 Å². The van der Waals surface area contributed by atoms with E-state index >= 15 is 0 Å². The lowest BCUT2D eigenvalue weighted by Gasteiger charge is -2.10. The predicted molar refractivity (Wildman–Crippen MR) is 78.9 cm³/mol. The summed E-state index contributed by atoms with van der Waals surface area (Å²) in [5.74, 6) is -1.19. The SMILES string of the molecule is CCc1ccc(NC(=O)CCCCCN)c(C(=O)O)c1. The molecule has 5 nitrogen and oxygen atoms in total. The molecule has 0 radical (unpaired) electrons. The van der Waals surface area contributed by atoms with Crippen LogP contribution in [-0.4, -0.2) is 23.5 Å². The van der Waals surface area contributed by atoms with Gasteiger partial charge in [0.2, 0.25) is 5.91 Å². The summed E-state index contributed by atoms with van der Waals surface area (Å²) in [6, 6.07) is 5.09. The highest BCUT2D eigenvalue weighted by Crippen LogP contribution is 2.18. The zero-order valence-corrected chi connectivity index (χ0v) is 11.8. The Labute approximate surface area is 119 Å². The zero-order valence-electron chi connectivity index (χ0n) is 11.8. The van der Waals surface area contributed by atoms with Gasteiger partial charge in [0.15, 0.2) is 0 Å². The number of nitrogens with one attached hydrogen (secondary N) is 1. The first-order valence-electron chi connectivity index (χ1n) is 6.94. The normalized spacial score (nSPS) is 10.3. The van der Waals surface area contributed by atoms with Crippen molar-refractivity contribution in [2.75, 3.05) is 11.9 Å². The van der Waals surface area contributed by atoms with E-state index < -0.39 is 5.97 Å². The molecule has 1 aromatic carbocycles. The van der Waals surface area contributed by atoms with Gasteiger partial charge in [0.25, 0.3) is 0 Å².